The van der Waals surface area contributed by atoms with E-state index in [1.807, 2.05) is 23.1 Å². The summed E-state index contributed by atoms with van der Waals surface area (Å²) in [7, 11) is 0. The molecule has 0 unspecified atom stereocenters. The Bertz CT molecular complexity index is 935. The Hall–Kier alpha value is -2.44. The molecule has 6 heteroatoms. The third-order valence-electron chi connectivity index (χ3n) is 7.68. The van der Waals surface area contributed by atoms with Crippen molar-refractivity contribution < 1.29 is 14.3 Å². The normalized spacial score (nSPS) is 24.9. The fraction of sp³-hybridized carbons (Fsp3) is 0.571. The highest BCUT2D eigenvalue weighted by Crippen LogP contribution is 2.44. The maximum Gasteiger partial charge on any atom is 0.255 e. The molecule has 3 aliphatic rings. The molecule has 1 spiro atoms. The molecule has 0 aliphatic carbocycles. The van der Waals surface area contributed by atoms with Gasteiger partial charge in [-0.3, -0.25) is 4.79 Å². The molecule has 0 bridgehead atoms. The molecule has 34 heavy (non-hydrogen) atoms. The van der Waals surface area contributed by atoms with Crippen molar-refractivity contribution in [1.29, 1.82) is 0 Å². The molecule has 2 aromatic rings. The number of nitrogens with zero attached hydrogens (tertiary/aromatic N) is 3. The predicted molar refractivity (Wildman–Crippen MR) is 133 cm³/mol. The highest BCUT2D eigenvalue weighted by Gasteiger charge is 2.45. The molecule has 5 rings (SSSR count). The van der Waals surface area contributed by atoms with E-state index in [1.165, 1.54) is 24.8 Å². The lowest BCUT2D eigenvalue weighted by Gasteiger charge is -2.48. The zero-order valence-electron chi connectivity index (χ0n) is 20.3. The topological polar surface area (TPSA) is 54.9 Å². The van der Waals surface area contributed by atoms with Crippen LogP contribution in [0.25, 0.3) is 0 Å². The minimum atomic E-state index is -0.230. The van der Waals surface area contributed by atoms with Gasteiger partial charge < -0.3 is 19.3 Å². The van der Waals surface area contributed by atoms with Gasteiger partial charge in [-0.2, -0.15) is 0 Å². The smallest absolute Gasteiger partial charge is 0.255 e. The Kier molecular flexibility index (Phi) is 7.16. The Morgan fingerprint density at radius 3 is 2.50 bits per heavy atom. The van der Waals surface area contributed by atoms with E-state index < -0.39 is 0 Å². The highest BCUT2D eigenvalue weighted by atomic mass is 16.5. The van der Waals surface area contributed by atoms with Crippen molar-refractivity contribution >= 4 is 11.7 Å². The van der Waals surface area contributed by atoms with Gasteiger partial charge in [0, 0.05) is 51.8 Å². The van der Waals surface area contributed by atoms with Crippen LogP contribution in [0.2, 0.25) is 0 Å². The summed E-state index contributed by atoms with van der Waals surface area (Å²) in [4.78, 5) is 22.1. The van der Waals surface area contributed by atoms with Crippen LogP contribution in [0.3, 0.4) is 0 Å². The number of carbonyl (C=O) groups excluding carboxylic acids is 1. The van der Waals surface area contributed by atoms with Crippen LogP contribution in [0.15, 0.2) is 48.7 Å². The van der Waals surface area contributed by atoms with E-state index >= 15 is 0 Å². The van der Waals surface area contributed by atoms with Crippen LogP contribution < -0.4 is 4.90 Å². The first-order chi connectivity index (χ1) is 16.7. The Labute approximate surface area is 203 Å². The summed E-state index contributed by atoms with van der Waals surface area (Å²) in [5.74, 6) is 1.06. The zero-order valence-corrected chi connectivity index (χ0v) is 20.3. The first kappa shape index (κ1) is 23.3. The monoisotopic (exact) mass is 463 g/mol. The van der Waals surface area contributed by atoms with Crippen molar-refractivity contribution in [3.63, 3.8) is 0 Å². The first-order valence-electron chi connectivity index (χ1n) is 13.0. The van der Waals surface area contributed by atoms with Gasteiger partial charge in [-0.05, 0) is 56.7 Å². The molecule has 3 aliphatic heterocycles. The second-order valence-electron chi connectivity index (χ2n) is 9.96. The number of pyridine rings is 1. The summed E-state index contributed by atoms with van der Waals surface area (Å²) in [6.45, 7) is 6.29. The molecule has 1 aromatic heterocycles. The molecule has 1 amide bonds. The number of anilines is 1. The van der Waals surface area contributed by atoms with E-state index in [2.05, 4.69) is 41.1 Å². The van der Waals surface area contributed by atoms with Crippen LogP contribution in [0.5, 0.6) is 0 Å². The van der Waals surface area contributed by atoms with Gasteiger partial charge in [0.25, 0.3) is 5.91 Å². The second kappa shape index (κ2) is 10.4. The number of hydrogen-bond acceptors (Lipinski definition) is 5. The highest BCUT2D eigenvalue weighted by molar-refractivity contribution is 5.94. The van der Waals surface area contributed by atoms with Gasteiger partial charge in [0.2, 0.25) is 0 Å². The quantitative estimate of drug-likeness (QED) is 0.624. The molecule has 4 heterocycles. The largest absolute Gasteiger partial charge is 0.378 e. The maximum atomic E-state index is 13.2. The van der Waals surface area contributed by atoms with Crippen LogP contribution in [-0.4, -0.2) is 60.3 Å². The van der Waals surface area contributed by atoms with Gasteiger partial charge in [0.05, 0.1) is 23.4 Å². The molecular weight excluding hydrogens is 426 g/mol. The molecule has 0 saturated carbocycles. The number of piperidine rings is 2. The van der Waals surface area contributed by atoms with Crippen molar-refractivity contribution in [1.82, 2.24) is 9.88 Å². The molecule has 2 atom stereocenters. The predicted octanol–water partition coefficient (Wildman–Crippen LogP) is 5.00. The second-order valence-corrected chi connectivity index (χ2v) is 9.96. The van der Waals surface area contributed by atoms with E-state index in [0.29, 0.717) is 25.3 Å². The number of amides is 1. The van der Waals surface area contributed by atoms with Crippen molar-refractivity contribution in [3.05, 3.63) is 59.8 Å². The summed E-state index contributed by atoms with van der Waals surface area (Å²) in [6, 6.07) is 14.4. The molecular formula is C28H37N3O3. The van der Waals surface area contributed by atoms with Gasteiger partial charge in [-0.1, -0.05) is 30.3 Å². The molecule has 6 nitrogen and oxygen atoms in total. The van der Waals surface area contributed by atoms with Gasteiger partial charge >= 0.3 is 0 Å². The summed E-state index contributed by atoms with van der Waals surface area (Å²) < 4.78 is 12.9. The van der Waals surface area contributed by atoms with E-state index in [-0.39, 0.29) is 23.7 Å². The third-order valence-corrected chi connectivity index (χ3v) is 7.68. The standard InChI is InChI=1S/C28H37N3O3/c1-2-33-24-19-25(22-9-5-3-6-10-22)34-28(20-24)13-17-31(18-14-28)27(32)23-11-12-26(29-21-23)30-15-7-4-8-16-30/h3,5-6,9-12,21,24-25H,2,4,7-8,13-20H2,1H3/t24-,25-/m0/s1. The van der Waals surface area contributed by atoms with Crippen LogP contribution >= 0.6 is 0 Å². The fourth-order valence-corrected chi connectivity index (χ4v) is 5.81. The number of ether oxygens (including phenoxy) is 2. The third kappa shape index (κ3) is 5.13. The van der Waals surface area contributed by atoms with Gasteiger partial charge in [-0.15, -0.1) is 0 Å². The van der Waals surface area contributed by atoms with Gasteiger partial charge in [-0.25, -0.2) is 4.98 Å². The Morgan fingerprint density at radius 2 is 1.82 bits per heavy atom. The number of likely N-dealkylation sites (tertiary alicyclic amines) is 1. The molecule has 0 N–H and O–H groups in total. The average molecular weight is 464 g/mol. The number of rotatable bonds is 5. The van der Waals surface area contributed by atoms with Gasteiger partial charge in [0.1, 0.15) is 5.82 Å². The van der Waals surface area contributed by atoms with Crippen LogP contribution in [0.1, 0.15) is 73.9 Å². The lowest BCUT2D eigenvalue weighted by atomic mass is 9.80. The summed E-state index contributed by atoms with van der Waals surface area (Å²) >= 11 is 0. The minimum absolute atomic E-state index is 0.0419. The molecule has 3 fully saturated rings. The van der Waals surface area contributed by atoms with Crippen LogP contribution in [0.4, 0.5) is 5.82 Å². The first-order valence-corrected chi connectivity index (χ1v) is 13.0. The van der Waals surface area contributed by atoms with Crippen LogP contribution in [-0.2, 0) is 9.47 Å². The van der Waals surface area contributed by atoms with E-state index in [1.54, 1.807) is 6.20 Å². The molecule has 0 radical (unpaired) electrons. The zero-order chi connectivity index (χ0) is 23.4. The molecule has 182 valence electrons. The lowest BCUT2D eigenvalue weighted by Crippen LogP contribution is -2.52. The van der Waals surface area contributed by atoms with E-state index in [4.69, 9.17) is 9.47 Å². The SMILES string of the molecule is CCO[C@H]1C[C@@H](c2ccccc2)OC2(CCN(C(=O)c3ccc(N4CCCCC4)nc3)CC2)C1. The van der Waals surface area contributed by atoms with Crippen LogP contribution in [0, 0.1) is 0 Å². The average Bonchev–Trinajstić information content (AvgIpc) is 2.90. The summed E-state index contributed by atoms with van der Waals surface area (Å²) in [6.07, 6.45) is 9.18. The van der Waals surface area contributed by atoms with E-state index in [9.17, 15) is 4.79 Å². The minimum Gasteiger partial charge on any atom is -0.378 e. The number of hydrogen-bond donors (Lipinski definition) is 0. The van der Waals surface area contributed by atoms with E-state index in [0.717, 1.165) is 44.6 Å². The fourth-order valence-electron chi connectivity index (χ4n) is 5.81. The Morgan fingerprint density at radius 1 is 1.06 bits per heavy atom. The number of benzene rings is 1. The Balaban J connectivity index is 1.23. The maximum absolute atomic E-state index is 13.2. The van der Waals surface area contributed by atoms with Crippen molar-refractivity contribution in [2.24, 2.45) is 0 Å². The van der Waals surface area contributed by atoms with Gasteiger partial charge in [0.15, 0.2) is 0 Å². The van der Waals surface area contributed by atoms with Crippen molar-refractivity contribution in [2.75, 3.05) is 37.7 Å². The number of aromatic nitrogens is 1. The van der Waals surface area contributed by atoms with Crippen molar-refractivity contribution in [2.45, 2.75) is 69.7 Å². The summed E-state index contributed by atoms with van der Waals surface area (Å²) in [5.41, 5.74) is 1.66. The number of carbonyl (C=O) groups is 1. The lowest BCUT2D eigenvalue weighted by molar-refractivity contribution is -0.190. The van der Waals surface area contributed by atoms with Crippen molar-refractivity contribution in [3.8, 4) is 0 Å². The summed E-state index contributed by atoms with van der Waals surface area (Å²) in [5, 5.41) is 0. The molecule has 1 aromatic carbocycles. The molecule has 3 saturated heterocycles.